The van der Waals surface area contributed by atoms with Crippen LogP contribution in [0, 0.1) is 5.82 Å². The molecule has 1 unspecified atom stereocenters. The van der Waals surface area contributed by atoms with Crippen LogP contribution in [-0.4, -0.2) is 4.98 Å². The minimum atomic E-state index is -0.206. The summed E-state index contributed by atoms with van der Waals surface area (Å²) in [4.78, 5) is 4.20. The fourth-order valence-electron chi connectivity index (χ4n) is 2.54. The summed E-state index contributed by atoms with van der Waals surface area (Å²) in [6, 6.07) is 15.0. The smallest absolute Gasteiger partial charge is 0.123 e. The van der Waals surface area contributed by atoms with Crippen molar-refractivity contribution < 1.29 is 4.39 Å². The number of rotatable bonds is 4. The number of hydrogen-bond acceptors (Lipinski definition) is 2. The van der Waals surface area contributed by atoms with Crippen LogP contribution in [0.5, 0.6) is 0 Å². The van der Waals surface area contributed by atoms with Crippen molar-refractivity contribution in [3.63, 3.8) is 0 Å². The lowest BCUT2D eigenvalue weighted by Gasteiger charge is -2.20. The van der Waals surface area contributed by atoms with Crippen molar-refractivity contribution in [3.8, 4) is 0 Å². The van der Waals surface area contributed by atoms with Gasteiger partial charge in [-0.2, -0.15) is 0 Å². The Morgan fingerprint density at radius 3 is 2.67 bits per heavy atom. The van der Waals surface area contributed by atoms with Gasteiger partial charge in [-0.15, -0.1) is 0 Å². The van der Waals surface area contributed by atoms with E-state index in [1.807, 2.05) is 30.5 Å². The van der Waals surface area contributed by atoms with Gasteiger partial charge in [0.2, 0.25) is 0 Å². The fraction of sp³-hybridized carbons (Fsp3) is 0.167. The van der Waals surface area contributed by atoms with E-state index in [4.69, 9.17) is 0 Å². The van der Waals surface area contributed by atoms with Gasteiger partial charge in [0.25, 0.3) is 0 Å². The Bertz CT molecular complexity index is 732. The molecule has 1 heterocycles. The van der Waals surface area contributed by atoms with Gasteiger partial charge in [-0.05, 0) is 41.6 Å². The molecule has 21 heavy (non-hydrogen) atoms. The number of benzene rings is 2. The van der Waals surface area contributed by atoms with Gasteiger partial charge in [0, 0.05) is 23.5 Å². The van der Waals surface area contributed by atoms with E-state index in [0.29, 0.717) is 0 Å². The summed E-state index contributed by atoms with van der Waals surface area (Å²) in [6.07, 6.45) is 4.58. The molecule has 0 bridgehead atoms. The van der Waals surface area contributed by atoms with Gasteiger partial charge in [0.15, 0.2) is 0 Å². The molecular formula is C18H17FN2. The van der Waals surface area contributed by atoms with Crippen LogP contribution in [0.1, 0.15) is 24.9 Å². The normalized spacial score (nSPS) is 12.3. The van der Waals surface area contributed by atoms with Crippen LogP contribution in [0.15, 0.2) is 60.9 Å². The Morgan fingerprint density at radius 1 is 1.10 bits per heavy atom. The highest BCUT2D eigenvalue weighted by molar-refractivity contribution is 5.93. The minimum Gasteiger partial charge on any atom is -0.378 e. The number of halogens is 1. The summed E-state index contributed by atoms with van der Waals surface area (Å²) in [5.41, 5.74) is 2.14. The first-order valence-electron chi connectivity index (χ1n) is 7.12. The molecule has 0 saturated carbocycles. The highest BCUT2D eigenvalue weighted by Crippen LogP contribution is 2.28. The predicted molar refractivity (Wildman–Crippen MR) is 84.8 cm³/mol. The lowest BCUT2D eigenvalue weighted by Crippen LogP contribution is -2.10. The molecule has 2 nitrogen and oxygen atoms in total. The van der Waals surface area contributed by atoms with Gasteiger partial charge in [0.05, 0.1) is 6.04 Å². The van der Waals surface area contributed by atoms with Crippen molar-refractivity contribution in [2.45, 2.75) is 19.4 Å². The third kappa shape index (κ3) is 2.87. The first kappa shape index (κ1) is 13.6. The van der Waals surface area contributed by atoms with E-state index in [1.54, 1.807) is 6.20 Å². The van der Waals surface area contributed by atoms with Crippen molar-refractivity contribution in [2.75, 3.05) is 5.32 Å². The number of hydrogen-bond donors (Lipinski definition) is 1. The number of anilines is 1. The maximum atomic E-state index is 13.1. The zero-order valence-corrected chi connectivity index (χ0v) is 11.9. The molecular weight excluding hydrogens is 263 g/mol. The highest BCUT2D eigenvalue weighted by atomic mass is 19.1. The third-order valence-electron chi connectivity index (χ3n) is 3.69. The molecule has 0 fully saturated rings. The average molecular weight is 280 g/mol. The first-order chi connectivity index (χ1) is 10.3. The van der Waals surface area contributed by atoms with E-state index in [9.17, 15) is 4.39 Å². The molecule has 1 aromatic heterocycles. The Hall–Kier alpha value is -2.42. The third-order valence-corrected chi connectivity index (χ3v) is 3.69. The van der Waals surface area contributed by atoms with E-state index in [0.717, 1.165) is 28.4 Å². The topological polar surface area (TPSA) is 24.9 Å². The maximum absolute atomic E-state index is 13.1. The molecule has 106 valence electrons. The molecule has 0 aliphatic rings. The molecule has 0 radical (unpaired) electrons. The van der Waals surface area contributed by atoms with Crippen LogP contribution in [0.2, 0.25) is 0 Å². The molecule has 0 aliphatic carbocycles. The van der Waals surface area contributed by atoms with E-state index in [1.165, 1.54) is 12.1 Å². The Kier molecular flexibility index (Phi) is 3.82. The van der Waals surface area contributed by atoms with E-state index >= 15 is 0 Å². The van der Waals surface area contributed by atoms with Crippen molar-refractivity contribution in [3.05, 3.63) is 72.3 Å². The van der Waals surface area contributed by atoms with Crippen LogP contribution in [0.3, 0.4) is 0 Å². The summed E-state index contributed by atoms with van der Waals surface area (Å²) in [5.74, 6) is -0.206. The minimum absolute atomic E-state index is 0.149. The largest absolute Gasteiger partial charge is 0.378 e. The number of pyridine rings is 1. The Balaban J connectivity index is 1.94. The lowest BCUT2D eigenvalue weighted by molar-refractivity contribution is 0.625. The van der Waals surface area contributed by atoms with E-state index in [2.05, 4.69) is 29.4 Å². The highest BCUT2D eigenvalue weighted by Gasteiger charge is 2.10. The molecule has 0 saturated heterocycles. The second-order valence-electron chi connectivity index (χ2n) is 5.06. The standard InChI is InChI=1S/C18H17FN2/c1-2-17(14-6-8-15(19)9-7-14)21-18-5-3-4-13-10-11-20-12-16(13)18/h3-12,17,21H,2H2,1H3. The molecule has 1 atom stereocenters. The SMILES string of the molecule is CCC(Nc1cccc2ccncc12)c1ccc(F)cc1. The molecule has 3 heteroatoms. The number of nitrogens with zero attached hydrogens (tertiary/aromatic N) is 1. The molecule has 0 aliphatic heterocycles. The number of aromatic nitrogens is 1. The van der Waals surface area contributed by atoms with E-state index in [-0.39, 0.29) is 11.9 Å². The van der Waals surface area contributed by atoms with Gasteiger partial charge < -0.3 is 5.32 Å². The van der Waals surface area contributed by atoms with Gasteiger partial charge >= 0.3 is 0 Å². The van der Waals surface area contributed by atoms with Gasteiger partial charge in [-0.1, -0.05) is 31.2 Å². The summed E-state index contributed by atoms with van der Waals surface area (Å²) in [6.45, 7) is 2.12. The fourth-order valence-corrected chi connectivity index (χ4v) is 2.54. The Labute approximate surface area is 123 Å². The van der Waals surface area contributed by atoms with Crippen LogP contribution >= 0.6 is 0 Å². The monoisotopic (exact) mass is 280 g/mol. The van der Waals surface area contributed by atoms with Crippen molar-refractivity contribution in [2.24, 2.45) is 0 Å². The second kappa shape index (κ2) is 5.92. The summed E-state index contributed by atoms with van der Waals surface area (Å²) >= 11 is 0. The number of nitrogens with one attached hydrogen (secondary N) is 1. The van der Waals surface area contributed by atoms with Crippen LogP contribution in [0.25, 0.3) is 10.8 Å². The molecule has 3 rings (SSSR count). The van der Waals surface area contributed by atoms with Crippen LogP contribution in [-0.2, 0) is 0 Å². The van der Waals surface area contributed by atoms with Crippen LogP contribution in [0.4, 0.5) is 10.1 Å². The average Bonchev–Trinajstić information content (AvgIpc) is 2.54. The maximum Gasteiger partial charge on any atom is 0.123 e. The summed E-state index contributed by atoms with van der Waals surface area (Å²) in [7, 11) is 0. The lowest BCUT2D eigenvalue weighted by atomic mass is 10.0. The quantitative estimate of drug-likeness (QED) is 0.732. The molecule has 3 aromatic rings. The predicted octanol–water partition coefficient (Wildman–Crippen LogP) is 4.94. The molecule has 2 aromatic carbocycles. The zero-order valence-electron chi connectivity index (χ0n) is 11.9. The van der Waals surface area contributed by atoms with Gasteiger partial charge in [-0.25, -0.2) is 4.39 Å². The Morgan fingerprint density at radius 2 is 1.90 bits per heavy atom. The second-order valence-corrected chi connectivity index (χ2v) is 5.06. The summed E-state index contributed by atoms with van der Waals surface area (Å²) < 4.78 is 13.1. The van der Waals surface area contributed by atoms with E-state index < -0.39 is 0 Å². The van der Waals surface area contributed by atoms with Crippen molar-refractivity contribution in [1.29, 1.82) is 0 Å². The molecule has 0 amide bonds. The van der Waals surface area contributed by atoms with Crippen molar-refractivity contribution >= 4 is 16.5 Å². The zero-order chi connectivity index (χ0) is 14.7. The first-order valence-corrected chi connectivity index (χ1v) is 7.12. The summed E-state index contributed by atoms with van der Waals surface area (Å²) in [5, 5.41) is 5.80. The molecule has 1 N–H and O–H groups in total. The van der Waals surface area contributed by atoms with Crippen molar-refractivity contribution in [1.82, 2.24) is 4.98 Å². The molecule has 0 spiro atoms. The van der Waals surface area contributed by atoms with Gasteiger partial charge in [-0.3, -0.25) is 4.98 Å². The number of fused-ring (bicyclic) bond motifs is 1. The van der Waals surface area contributed by atoms with Crippen LogP contribution < -0.4 is 5.32 Å². The van der Waals surface area contributed by atoms with Gasteiger partial charge in [0.1, 0.15) is 5.82 Å².